The van der Waals surface area contributed by atoms with Gasteiger partial charge < -0.3 is 20.7 Å². The summed E-state index contributed by atoms with van der Waals surface area (Å²) in [4.78, 5) is 4.24. The van der Waals surface area contributed by atoms with E-state index in [1.807, 2.05) is 7.05 Å². The van der Waals surface area contributed by atoms with E-state index in [4.69, 9.17) is 4.74 Å². The minimum Gasteiger partial charge on any atom is -0.378 e. The molecule has 1 aliphatic carbocycles. The highest BCUT2D eigenvalue weighted by molar-refractivity contribution is 5.79. The standard InChI is InChI=1S/C17H36N4O/c1-17(2,3)21-13-12-20-16(18-4)19-11-8-14-22-15-9-6-5-7-10-15/h15,21H,5-14H2,1-4H3,(H2,18,19,20). The fourth-order valence-electron chi connectivity index (χ4n) is 2.60. The van der Waals surface area contributed by atoms with Crippen molar-refractivity contribution >= 4 is 5.96 Å². The molecule has 0 aromatic carbocycles. The predicted molar refractivity (Wildman–Crippen MR) is 94.6 cm³/mol. The number of rotatable bonds is 8. The molecule has 5 nitrogen and oxygen atoms in total. The van der Waals surface area contributed by atoms with Crippen LogP contribution in [0.3, 0.4) is 0 Å². The lowest BCUT2D eigenvalue weighted by atomic mass is 9.98. The van der Waals surface area contributed by atoms with E-state index in [0.717, 1.165) is 38.6 Å². The van der Waals surface area contributed by atoms with E-state index in [0.29, 0.717) is 6.10 Å². The van der Waals surface area contributed by atoms with Gasteiger partial charge >= 0.3 is 0 Å². The third kappa shape index (κ3) is 10.0. The first-order chi connectivity index (χ1) is 10.5. The minimum atomic E-state index is 0.162. The van der Waals surface area contributed by atoms with Crippen molar-refractivity contribution in [2.24, 2.45) is 4.99 Å². The van der Waals surface area contributed by atoms with Crippen molar-refractivity contribution in [1.82, 2.24) is 16.0 Å². The fraction of sp³-hybridized carbons (Fsp3) is 0.941. The van der Waals surface area contributed by atoms with Gasteiger partial charge in [-0.25, -0.2) is 0 Å². The zero-order valence-electron chi connectivity index (χ0n) is 15.0. The molecule has 1 rings (SSSR count). The van der Waals surface area contributed by atoms with Gasteiger partial charge in [-0.15, -0.1) is 0 Å². The highest BCUT2D eigenvalue weighted by atomic mass is 16.5. The van der Waals surface area contributed by atoms with Crippen LogP contribution < -0.4 is 16.0 Å². The molecule has 0 atom stereocenters. The van der Waals surface area contributed by atoms with Gasteiger partial charge in [0.2, 0.25) is 0 Å². The molecule has 5 heteroatoms. The summed E-state index contributed by atoms with van der Waals surface area (Å²) >= 11 is 0. The SMILES string of the molecule is CN=C(NCCCOC1CCCCC1)NCCNC(C)(C)C. The van der Waals surface area contributed by atoms with Crippen molar-refractivity contribution in [3.63, 3.8) is 0 Å². The maximum Gasteiger partial charge on any atom is 0.191 e. The Balaban J connectivity index is 1.99. The van der Waals surface area contributed by atoms with Gasteiger partial charge in [0.15, 0.2) is 5.96 Å². The molecule has 0 amide bonds. The van der Waals surface area contributed by atoms with Crippen molar-refractivity contribution in [3.8, 4) is 0 Å². The second-order valence-corrected chi connectivity index (χ2v) is 7.09. The number of hydrogen-bond donors (Lipinski definition) is 3. The molecule has 0 aromatic heterocycles. The smallest absolute Gasteiger partial charge is 0.191 e. The number of ether oxygens (including phenoxy) is 1. The van der Waals surface area contributed by atoms with Crippen LogP contribution in [0.2, 0.25) is 0 Å². The van der Waals surface area contributed by atoms with Crippen LogP contribution in [-0.2, 0) is 4.74 Å². The van der Waals surface area contributed by atoms with Crippen LogP contribution in [0.1, 0.15) is 59.3 Å². The Labute approximate surface area is 136 Å². The molecule has 0 aromatic rings. The molecule has 0 unspecified atom stereocenters. The van der Waals surface area contributed by atoms with Gasteiger partial charge in [-0.2, -0.15) is 0 Å². The van der Waals surface area contributed by atoms with Crippen molar-refractivity contribution in [1.29, 1.82) is 0 Å². The van der Waals surface area contributed by atoms with E-state index in [1.165, 1.54) is 32.1 Å². The topological polar surface area (TPSA) is 57.7 Å². The summed E-state index contributed by atoms with van der Waals surface area (Å²) in [5.74, 6) is 0.869. The first-order valence-electron chi connectivity index (χ1n) is 8.82. The molecule has 1 aliphatic rings. The maximum atomic E-state index is 5.92. The van der Waals surface area contributed by atoms with Crippen molar-refractivity contribution in [2.75, 3.05) is 33.3 Å². The lowest BCUT2D eigenvalue weighted by molar-refractivity contribution is 0.0277. The fourth-order valence-corrected chi connectivity index (χ4v) is 2.60. The molecule has 1 fully saturated rings. The summed E-state index contributed by atoms with van der Waals surface area (Å²) in [7, 11) is 1.81. The monoisotopic (exact) mass is 312 g/mol. The Kier molecular flexibility index (Phi) is 9.48. The molecule has 0 saturated heterocycles. The van der Waals surface area contributed by atoms with E-state index < -0.39 is 0 Å². The van der Waals surface area contributed by atoms with E-state index >= 15 is 0 Å². The van der Waals surface area contributed by atoms with Crippen LogP contribution in [0, 0.1) is 0 Å². The molecule has 130 valence electrons. The number of hydrogen-bond acceptors (Lipinski definition) is 3. The summed E-state index contributed by atoms with van der Waals surface area (Å²) in [5.41, 5.74) is 0.162. The zero-order valence-corrected chi connectivity index (χ0v) is 15.0. The molecule has 1 saturated carbocycles. The zero-order chi connectivity index (χ0) is 16.3. The first kappa shape index (κ1) is 19.2. The Bertz CT molecular complexity index is 306. The average molecular weight is 313 g/mol. The van der Waals surface area contributed by atoms with Crippen molar-refractivity contribution in [2.45, 2.75) is 70.9 Å². The lowest BCUT2D eigenvalue weighted by Crippen LogP contribution is -2.44. The second-order valence-electron chi connectivity index (χ2n) is 7.09. The van der Waals surface area contributed by atoms with Gasteiger partial charge in [0.25, 0.3) is 0 Å². The minimum absolute atomic E-state index is 0.162. The predicted octanol–water partition coefficient (Wildman–Crippen LogP) is 2.28. The number of nitrogens with zero attached hydrogens (tertiary/aromatic N) is 1. The van der Waals surface area contributed by atoms with Gasteiger partial charge in [-0.05, 0) is 40.0 Å². The molecule has 22 heavy (non-hydrogen) atoms. The quantitative estimate of drug-likeness (QED) is 0.366. The van der Waals surface area contributed by atoms with Crippen LogP contribution in [0.4, 0.5) is 0 Å². The van der Waals surface area contributed by atoms with Crippen LogP contribution in [0.15, 0.2) is 4.99 Å². The molecule has 3 N–H and O–H groups in total. The summed E-state index contributed by atoms with van der Waals surface area (Å²) in [6.07, 6.45) is 8.08. The van der Waals surface area contributed by atoms with Gasteiger partial charge in [-0.1, -0.05) is 19.3 Å². The Morgan fingerprint density at radius 3 is 2.36 bits per heavy atom. The van der Waals surface area contributed by atoms with Crippen molar-refractivity contribution < 1.29 is 4.74 Å². The average Bonchev–Trinajstić information content (AvgIpc) is 2.49. The third-order valence-electron chi connectivity index (χ3n) is 3.82. The van der Waals surface area contributed by atoms with Gasteiger partial charge in [-0.3, -0.25) is 4.99 Å². The number of guanidine groups is 1. The van der Waals surface area contributed by atoms with E-state index in [1.54, 1.807) is 0 Å². The van der Waals surface area contributed by atoms with Crippen molar-refractivity contribution in [3.05, 3.63) is 0 Å². The van der Waals surface area contributed by atoms with Gasteiger partial charge in [0.1, 0.15) is 0 Å². The molecule has 0 spiro atoms. The van der Waals surface area contributed by atoms with Crippen LogP contribution in [0.5, 0.6) is 0 Å². The molecule has 0 radical (unpaired) electrons. The summed E-state index contributed by atoms with van der Waals surface area (Å²) < 4.78 is 5.92. The summed E-state index contributed by atoms with van der Waals surface area (Å²) in [6.45, 7) is 10.1. The van der Waals surface area contributed by atoms with E-state index in [2.05, 4.69) is 41.7 Å². The number of aliphatic imine (C=N–C) groups is 1. The molecule has 0 bridgehead atoms. The maximum absolute atomic E-state index is 5.92. The Hall–Kier alpha value is -0.810. The molecule has 0 heterocycles. The number of nitrogens with one attached hydrogen (secondary N) is 3. The van der Waals surface area contributed by atoms with Crippen LogP contribution in [-0.4, -0.2) is 50.9 Å². The highest BCUT2D eigenvalue weighted by Gasteiger charge is 2.13. The first-order valence-corrected chi connectivity index (χ1v) is 8.82. The Morgan fingerprint density at radius 2 is 1.73 bits per heavy atom. The van der Waals surface area contributed by atoms with E-state index in [-0.39, 0.29) is 5.54 Å². The van der Waals surface area contributed by atoms with Crippen LogP contribution in [0.25, 0.3) is 0 Å². The summed E-state index contributed by atoms with van der Waals surface area (Å²) in [6, 6.07) is 0. The second kappa shape index (κ2) is 10.8. The van der Waals surface area contributed by atoms with Crippen LogP contribution >= 0.6 is 0 Å². The Morgan fingerprint density at radius 1 is 1.05 bits per heavy atom. The molecule has 0 aliphatic heterocycles. The van der Waals surface area contributed by atoms with Gasteiger partial charge in [0.05, 0.1) is 6.10 Å². The summed E-state index contributed by atoms with van der Waals surface area (Å²) in [5, 5.41) is 10.1. The van der Waals surface area contributed by atoms with E-state index in [9.17, 15) is 0 Å². The normalized spacial score (nSPS) is 17.5. The third-order valence-corrected chi connectivity index (χ3v) is 3.82. The largest absolute Gasteiger partial charge is 0.378 e. The van der Waals surface area contributed by atoms with Gasteiger partial charge in [0, 0.05) is 38.8 Å². The highest BCUT2D eigenvalue weighted by Crippen LogP contribution is 2.20. The molecular formula is C17H36N4O. The lowest BCUT2D eigenvalue weighted by Gasteiger charge is -2.22. The molecular weight excluding hydrogens is 276 g/mol.